The molecule has 0 spiro atoms. The zero-order valence-corrected chi connectivity index (χ0v) is 15.1. The number of nitrogens with zero attached hydrogens (tertiary/aromatic N) is 2. The van der Waals surface area contributed by atoms with Gasteiger partial charge in [-0.05, 0) is 19.1 Å². The lowest BCUT2D eigenvalue weighted by Gasteiger charge is -2.02. The van der Waals surface area contributed by atoms with Gasteiger partial charge in [0.05, 0.1) is 29.8 Å². The summed E-state index contributed by atoms with van der Waals surface area (Å²) < 4.78 is 4.78. The third-order valence-electron chi connectivity index (χ3n) is 3.50. The second kappa shape index (κ2) is 8.43. The molecular formula is C17H19N5O3S. The molecule has 1 aromatic carbocycles. The Morgan fingerprint density at radius 1 is 1.27 bits per heavy atom. The Kier molecular flexibility index (Phi) is 5.80. The minimum Gasteiger partial charge on any atom is -0.450 e. The van der Waals surface area contributed by atoms with E-state index in [1.165, 1.54) is 11.3 Å². The van der Waals surface area contributed by atoms with Crippen LogP contribution in [0.25, 0.3) is 11.0 Å². The third-order valence-corrected chi connectivity index (χ3v) is 4.31. The number of imidazole rings is 1. The molecule has 0 aliphatic carbocycles. The van der Waals surface area contributed by atoms with Gasteiger partial charge in [-0.2, -0.15) is 0 Å². The maximum absolute atomic E-state index is 12.0. The predicted molar refractivity (Wildman–Crippen MR) is 99.3 cm³/mol. The van der Waals surface area contributed by atoms with E-state index in [0.717, 1.165) is 16.9 Å². The summed E-state index contributed by atoms with van der Waals surface area (Å²) in [6, 6.07) is 7.80. The molecule has 3 rings (SSSR count). The van der Waals surface area contributed by atoms with Crippen molar-refractivity contribution in [3.05, 3.63) is 41.2 Å². The SMILES string of the molecule is CCOC(=O)Nc1nc(CC(=O)NCCc2nc3ccccc3[nH]2)cs1. The molecular weight excluding hydrogens is 354 g/mol. The number of carbonyl (C=O) groups excluding carboxylic acids is 2. The highest BCUT2D eigenvalue weighted by Crippen LogP contribution is 2.16. The van der Waals surface area contributed by atoms with Crippen molar-refractivity contribution >= 4 is 39.5 Å². The van der Waals surface area contributed by atoms with Crippen molar-refractivity contribution < 1.29 is 14.3 Å². The number of aromatic nitrogens is 3. The average Bonchev–Trinajstić information content (AvgIpc) is 3.21. The first kappa shape index (κ1) is 17.9. The van der Waals surface area contributed by atoms with E-state index in [9.17, 15) is 9.59 Å². The van der Waals surface area contributed by atoms with Gasteiger partial charge in [0.25, 0.3) is 0 Å². The van der Waals surface area contributed by atoms with Crippen molar-refractivity contribution in [2.75, 3.05) is 18.5 Å². The van der Waals surface area contributed by atoms with Crippen molar-refractivity contribution in [2.45, 2.75) is 19.8 Å². The molecule has 0 aliphatic heterocycles. The smallest absolute Gasteiger partial charge is 0.413 e. The van der Waals surface area contributed by atoms with E-state index in [2.05, 4.69) is 25.6 Å². The van der Waals surface area contributed by atoms with Crippen LogP contribution in [0.15, 0.2) is 29.6 Å². The Morgan fingerprint density at radius 2 is 2.12 bits per heavy atom. The summed E-state index contributed by atoms with van der Waals surface area (Å²) >= 11 is 1.25. The maximum atomic E-state index is 12.0. The van der Waals surface area contributed by atoms with E-state index in [0.29, 0.717) is 23.8 Å². The molecule has 0 aliphatic rings. The van der Waals surface area contributed by atoms with Crippen LogP contribution < -0.4 is 10.6 Å². The van der Waals surface area contributed by atoms with Crippen molar-refractivity contribution in [1.82, 2.24) is 20.3 Å². The minimum atomic E-state index is -0.552. The molecule has 2 amide bonds. The highest BCUT2D eigenvalue weighted by Gasteiger charge is 2.10. The fraction of sp³-hybridized carbons (Fsp3) is 0.294. The van der Waals surface area contributed by atoms with Gasteiger partial charge in [-0.1, -0.05) is 12.1 Å². The van der Waals surface area contributed by atoms with Gasteiger partial charge in [-0.3, -0.25) is 10.1 Å². The van der Waals surface area contributed by atoms with Crippen LogP contribution in [0.1, 0.15) is 18.4 Å². The normalized spacial score (nSPS) is 10.7. The van der Waals surface area contributed by atoms with Crippen LogP contribution in [0, 0.1) is 0 Å². The van der Waals surface area contributed by atoms with E-state index >= 15 is 0 Å². The van der Waals surface area contributed by atoms with Crippen molar-refractivity contribution in [3.63, 3.8) is 0 Å². The first-order chi connectivity index (χ1) is 12.6. The fourth-order valence-corrected chi connectivity index (χ4v) is 3.07. The molecule has 136 valence electrons. The van der Waals surface area contributed by atoms with Crippen LogP contribution in [0.2, 0.25) is 0 Å². The summed E-state index contributed by atoms with van der Waals surface area (Å²) in [5, 5.41) is 7.51. The fourth-order valence-electron chi connectivity index (χ4n) is 2.37. The van der Waals surface area contributed by atoms with E-state index in [-0.39, 0.29) is 18.9 Å². The lowest BCUT2D eigenvalue weighted by Crippen LogP contribution is -2.27. The molecule has 8 nitrogen and oxygen atoms in total. The van der Waals surface area contributed by atoms with Gasteiger partial charge in [0.15, 0.2) is 5.13 Å². The number of amides is 2. The molecule has 0 saturated heterocycles. The molecule has 26 heavy (non-hydrogen) atoms. The lowest BCUT2D eigenvalue weighted by molar-refractivity contribution is -0.120. The molecule has 0 unspecified atom stereocenters. The number of aromatic amines is 1. The van der Waals surface area contributed by atoms with Crippen LogP contribution in [0.4, 0.5) is 9.93 Å². The van der Waals surface area contributed by atoms with Gasteiger partial charge in [0.2, 0.25) is 5.91 Å². The standard InChI is InChI=1S/C17H19N5O3S/c1-2-25-17(24)22-16-19-11(10-26-16)9-15(23)18-8-7-14-20-12-5-3-4-6-13(12)21-14/h3-6,10H,2,7-9H2,1H3,(H,18,23)(H,20,21)(H,19,22,24). The van der Waals surface area contributed by atoms with Gasteiger partial charge >= 0.3 is 6.09 Å². The number of fused-ring (bicyclic) bond motifs is 1. The zero-order valence-electron chi connectivity index (χ0n) is 14.2. The van der Waals surface area contributed by atoms with Crippen molar-refractivity contribution in [1.29, 1.82) is 0 Å². The summed E-state index contributed by atoms with van der Waals surface area (Å²) in [5.41, 5.74) is 2.50. The number of hydrogen-bond acceptors (Lipinski definition) is 6. The lowest BCUT2D eigenvalue weighted by atomic mass is 10.3. The van der Waals surface area contributed by atoms with E-state index in [1.54, 1.807) is 12.3 Å². The van der Waals surface area contributed by atoms with Gasteiger partial charge in [0, 0.05) is 18.3 Å². The molecule has 0 saturated carbocycles. The number of para-hydroxylation sites is 2. The maximum Gasteiger partial charge on any atom is 0.413 e. The number of carbonyl (C=O) groups is 2. The number of nitrogens with one attached hydrogen (secondary N) is 3. The highest BCUT2D eigenvalue weighted by atomic mass is 32.1. The Hall–Kier alpha value is -2.94. The number of rotatable bonds is 7. The number of H-pyrrole nitrogens is 1. The highest BCUT2D eigenvalue weighted by molar-refractivity contribution is 7.13. The monoisotopic (exact) mass is 373 g/mol. The first-order valence-corrected chi connectivity index (χ1v) is 9.10. The number of anilines is 1. The van der Waals surface area contributed by atoms with E-state index in [4.69, 9.17) is 4.74 Å². The number of thiazole rings is 1. The second-order valence-corrected chi connectivity index (χ2v) is 6.32. The molecule has 0 bridgehead atoms. The van der Waals surface area contributed by atoms with Gasteiger partial charge in [-0.25, -0.2) is 14.8 Å². The van der Waals surface area contributed by atoms with Crippen LogP contribution in [-0.2, 0) is 22.4 Å². The van der Waals surface area contributed by atoms with Gasteiger partial charge in [-0.15, -0.1) is 11.3 Å². The van der Waals surface area contributed by atoms with Crippen LogP contribution >= 0.6 is 11.3 Å². The summed E-state index contributed by atoms with van der Waals surface area (Å²) in [6.45, 7) is 2.50. The Bertz CT molecular complexity index is 872. The minimum absolute atomic E-state index is 0.130. The Labute approximate surface area is 154 Å². The largest absolute Gasteiger partial charge is 0.450 e. The van der Waals surface area contributed by atoms with Gasteiger partial charge < -0.3 is 15.0 Å². The summed E-state index contributed by atoms with van der Waals surface area (Å²) in [5.74, 6) is 0.704. The molecule has 0 atom stereocenters. The predicted octanol–water partition coefficient (Wildman–Crippen LogP) is 2.49. The van der Waals surface area contributed by atoms with Crippen molar-refractivity contribution in [3.8, 4) is 0 Å². The summed E-state index contributed by atoms with van der Waals surface area (Å²) in [6.07, 6.45) is 0.220. The van der Waals surface area contributed by atoms with Crippen LogP contribution in [-0.4, -0.2) is 40.1 Å². The molecule has 0 fully saturated rings. The van der Waals surface area contributed by atoms with Gasteiger partial charge in [0.1, 0.15) is 5.82 Å². The van der Waals surface area contributed by atoms with Crippen LogP contribution in [0.3, 0.4) is 0 Å². The van der Waals surface area contributed by atoms with E-state index in [1.807, 2.05) is 24.3 Å². The second-order valence-electron chi connectivity index (χ2n) is 5.47. The van der Waals surface area contributed by atoms with Crippen LogP contribution in [0.5, 0.6) is 0 Å². The average molecular weight is 373 g/mol. The Balaban J connectivity index is 1.44. The topological polar surface area (TPSA) is 109 Å². The molecule has 2 heterocycles. The zero-order chi connectivity index (χ0) is 18.4. The Morgan fingerprint density at radius 3 is 2.92 bits per heavy atom. The number of hydrogen-bond donors (Lipinski definition) is 3. The molecule has 3 N–H and O–H groups in total. The van der Waals surface area contributed by atoms with Crippen molar-refractivity contribution in [2.24, 2.45) is 0 Å². The van der Waals surface area contributed by atoms with E-state index < -0.39 is 6.09 Å². The first-order valence-electron chi connectivity index (χ1n) is 8.22. The summed E-state index contributed by atoms with van der Waals surface area (Å²) in [7, 11) is 0. The molecule has 3 aromatic rings. The third kappa shape index (κ3) is 4.79. The number of benzene rings is 1. The quantitative estimate of drug-likeness (QED) is 0.589. The molecule has 9 heteroatoms. The number of ether oxygens (including phenoxy) is 1. The summed E-state index contributed by atoms with van der Waals surface area (Å²) in [4.78, 5) is 35.2. The molecule has 0 radical (unpaired) electrons. The molecule has 2 aromatic heterocycles.